The van der Waals surface area contributed by atoms with Crippen molar-refractivity contribution >= 4 is 21.9 Å². The standard InChI is InChI=1S/C26H12F4N6/c1-35-23(13-3-17(27)7-18(28)4-13)21-22(25(35)15(9-31)10-32)24(14-5-19(29)8-20(30)6-14)36(2)26(21)16(11-33)12-34/h3-8H,1-2H3. The topological polar surface area (TPSA) is 105 Å². The molecule has 0 amide bonds. The number of hydrogen-bond acceptors (Lipinski definition) is 4. The number of hydrogen-bond donors (Lipinski definition) is 0. The predicted octanol–water partition coefficient (Wildman–Crippen LogP) is 3.80. The molecule has 0 unspecified atom stereocenters. The first-order valence-electron chi connectivity index (χ1n) is 10.2. The fourth-order valence-corrected chi connectivity index (χ4v) is 4.50. The summed E-state index contributed by atoms with van der Waals surface area (Å²) in [6.07, 6.45) is 0. The van der Waals surface area contributed by atoms with Gasteiger partial charge in [0.05, 0.1) is 22.1 Å². The van der Waals surface area contributed by atoms with E-state index in [1.54, 1.807) is 24.3 Å². The highest BCUT2D eigenvalue weighted by Crippen LogP contribution is 2.34. The van der Waals surface area contributed by atoms with Gasteiger partial charge in [-0.3, -0.25) is 0 Å². The Bertz CT molecular complexity index is 1690. The number of nitriles is 4. The molecule has 2 aromatic carbocycles. The Labute approximate surface area is 201 Å². The number of nitrogens with zero attached hydrogens (tertiary/aromatic N) is 6. The Balaban J connectivity index is 2.49. The van der Waals surface area contributed by atoms with Crippen LogP contribution in [0.1, 0.15) is 0 Å². The van der Waals surface area contributed by atoms with Gasteiger partial charge in [-0.05, 0) is 24.3 Å². The summed E-state index contributed by atoms with van der Waals surface area (Å²) in [5, 5.41) is 38.9. The lowest BCUT2D eigenvalue weighted by molar-refractivity contribution is 0.583. The number of halogens is 4. The summed E-state index contributed by atoms with van der Waals surface area (Å²) in [6, 6.07) is 12.4. The summed E-state index contributed by atoms with van der Waals surface area (Å²) in [6.45, 7) is 0. The van der Waals surface area contributed by atoms with Gasteiger partial charge < -0.3 is 9.13 Å². The molecule has 0 N–H and O–H groups in total. The van der Waals surface area contributed by atoms with Crippen LogP contribution in [-0.2, 0) is 14.1 Å². The van der Waals surface area contributed by atoms with Crippen LogP contribution in [0.2, 0.25) is 0 Å². The average Bonchev–Trinajstić information content (AvgIpc) is 3.25. The van der Waals surface area contributed by atoms with Gasteiger partial charge in [-0.15, -0.1) is 0 Å². The van der Waals surface area contributed by atoms with E-state index in [1.807, 2.05) is 0 Å². The zero-order chi connectivity index (χ0) is 26.3. The van der Waals surface area contributed by atoms with Crippen LogP contribution in [-0.4, -0.2) is 9.13 Å². The molecule has 0 spiro atoms. The van der Waals surface area contributed by atoms with Crippen molar-refractivity contribution in [2.24, 2.45) is 14.1 Å². The predicted molar refractivity (Wildman–Crippen MR) is 121 cm³/mol. The third-order valence-electron chi connectivity index (χ3n) is 5.73. The van der Waals surface area contributed by atoms with Crippen molar-refractivity contribution in [2.75, 3.05) is 0 Å². The molecule has 10 heteroatoms. The number of benzene rings is 2. The van der Waals surface area contributed by atoms with Gasteiger partial charge in [-0.2, -0.15) is 21.0 Å². The molecule has 4 aromatic rings. The minimum Gasteiger partial charge on any atom is -0.341 e. The Morgan fingerprint density at radius 2 is 0.833 bits per heavy atom. The lowest BCUT2D eigenvalue weighted by Crippen LogP contribution is -2.20. The van der Waals surface area contributed by atoms with Gasteiger partial charge in [-0.25, -0.2) is 17.6 Å². The Kier molecular flexibility index (Phi) is 5.82. The number of fused-ring (bicyclic) bond motifs is 1. The molecular weight excluding hydrogens is 472 g/mol. The summed E-state index contributed by atoms with van der Waals surface area (Å²) >= 11 is 0. The second-order valence-corrected chi connectivity index (χ2v) is 7.78. The lowest BCUT2D eigenvalue weighted by Gasteiger charge is -2.09. The maximum atomic E-state index is 14.2. The van der Waals surface area contributed by atoms with Crippen molar-refractivity contribution in [2.45, 2.75) is 0 Å². The van der Waals surface area contributed by atoms with Crippen LogP contribution in [0.4, 0.5) is 17.6 Å². The van der Waals surface area contributed by atoms with Gasteiger partial charge in [-0.1, -0.05) is 0 Å². The Morgan fingerprint density at radius 1 is 0.556 bits per heavy atom. The van der Waals surface area contributed by atoms with E-state index in [1.165, 1.54) is 23.2 Å². The third kappa shape index (κ3) is 3.55. The van der Waals surface area contributed by atoms with E-state index >= 15 is 0 Å². The van der Waals surface area contributed by atoms with Crippen LogP contribution in [0.3, 0.4) is 0 Å². The second kappa shape index (κ2) is 8.80. The van der Waals surface area contributed by atoms with Gasteiger partial charge in [0.2, 0.25) is 0 Å². The summed E-state index contributed by atoms with van der Waals surface area (Å²) in [4.78, 5) is 0. The molecule has 0 saturated heterocycles. The van der Waals surface area contributed by atoms with E-state index < -0.39 is 34.4 Å². The number of aromatic nitrogens is 2. The molecule has 0 aliphatic rings. The number of rotatable bonds is 2. The Hall–Kier alpha value is -5.32. The minimum atomic E-state index is -0.916. The minimum absolute atomic E-state index is 0.0134. The monoisotopic (exact) mass is 484 g/mol. The normalized spacial score (nSPS) is 10.4. The van der Waals surface area contributed by atoms with Crippen LogP contribution in [0.5, 0.6) is 0 Å². The van der Waals surface area contributed by atoms with Crippen LogP contribution in [0.25, 0.3) is 44.4 Å². The van der Waals surface area contributed by atoms with E-state index in [2.05, 4.69) is 0 Å². The molecular formula is C26H12F4N6. The van der Waals surface area contributed by atoms with E-state index in [9.17, 15) is 38.6 Å². The molecule has 0 aliphatic carbocycles. The summed E-state index contributed by atoms with van der Waals surface area (Å²) in [5.74, 6) is -3.67. The smallest absolute Gasteiger partial charge is 0.153 e. The van der Waals surface area contributed by atoms with Gasteiger partial charge in [0.15, 0.2) is 11.1 Å². The molecule has 6 nitrogen and oxygen atoms in total. The SMILES string of the molecule is Cn1c(-c2cc(F)cc(F)c2)c2c(=C(C#N)C#N)n(C)c(-c3cc(F)cc(F)c3)c2c1=C(C#N)C#N. The molecule has 2 aromatic heterocycles. The zero-order valence-electron chi connectivity index (χ0n) is 18.7. The maximum Gasteiger partial charge on any atom is 0.153 e. The third-order valence-corrected chi connectivity index (χ3v) is 5.73. The molecule has 2 heterocycles. The summed E-state index contributed by atoms with van der Waals surface area (Å²) in [5.41, 5.74) is -0.676. The van der Waals surface area contributed by atoms with E-state index in [-0.39, 0.29) is 44.0 Å². The van der Waals surface area contributed by atoms with Crippen molar-refractivity contribution in [3.8, 4) is 46.8 Å². The lowest BCUT2D eigenvalue weighted by atomic mass is 10.0. The van der Waals surface area contributed by atoms with Gasteiger partial charge >= 0.3 is 0 Å². The highest BCUT2D eigenvalue weighted by molar-refractivity contribution is 6.08. The van der Waals surface area contributed by atoms with Gasteiger partial charge in [0.1, 0.15) is 47.5 Å². The first-order valence-corrected chi connectivity index (χ1v) is 10.2. The molecule has 174 valence electrons. The van der Waals surface area contributed by atoms with Crippen molar-refractivity contribution < 1.29 is 17.6 Å². The zero-order valence-corrected chi connectivity index (χ0v) is 18.7. The first kappa shape index (κ1) is 23.8. The second-order valence-electron chi connectivity index (χ2n) is 7.78. The van der Waals surface area contributed by atoms with Gasteiger partial charge in [0, 0.05) is 48.1 Å². The molecule has 0 saturated carbocycles. The average molecular weight is 484 g/mol. The highest BCUT2D eigenvalue weighted by atomic mass is 19.1. The molecule has 0 atom stereocenters. The largest absolute Gasteiger partial charge is 0.341 e. The molecule has 0 aliphatic heterocycles. The molecule has 0 bridgehead atoms. The molecule has 4 rings (SSSR count). The fraction of sp³-hybridized carbons (Fsp3) is 0.0769. The van der Waals surface area contributed by atoms with E-state index in [4.69, 9.17) is 0 Å². The molecule has 0 fully saturated rings. The fourth-order valence-electron chi connectivity index (χ4n) is 4.50. The molecule has 36 heavy (non-hydrogen) atoms. The quantitative estimate of drug-likeness (QED) is 0.404. The maximum absolute atomic E-state index is 14.2. The van der Waals surface area contributed by atoms with Gasteiger partial charge in [0.25, 0.3) is 0 Å². The van der Waals surface area contributed by atoms with Crippen molar-refractivity contribution in [1.82, 2.24) is 9.13 Å². The van der Waals surface area contributed by atoms with Crippen molar-refractivity contribution in [3.63, 3.8) is 0 Å². The summed E-state index contributed by atoms with van der Waals surface area (Å²) in [7, 11) is 2.86. The first-order chi connectivity index (χ1) is 17.2. The van der Waals surface area contributed by atoms with Crippen LogP contribution in [0.15, 0.2) is 36.4 Å². The van der Waals surface area contributed by atoms with E-state index in [0.29, 0.717) is 12.1 Å². The van der Waals surface area contributed by atoms with Crippen LogP contribution < -0.4 is 10.7 Å². The Morgan fingerprint density at radius 3 is 1.08 bits per heavy atom. The van der Waals surface area contributed by atoms with Crippen molar-refractivity contribution in [3.05, 3.63) is 70.4 Å². The van der Waals surface area contributed by atoms with Crippen molar-refractivity contribution in [1.29, 1.82) is 21.0 Å². The molecule has 0 radical (unpaired) electrons. The summed E-state index contributed by atoms with van der Waals surface area (Å²) < 4.78 is 59.5. The van der Waals surface area contributed by atoms with Crippen LogP contribution in [0, 0.1) is 68.6 Å². The van der Waals surface area contributed by atoms with E-state index in [0.717, 1.165) is 24.3 Å². The highest BCUT2D eigenvalue weighted by Gasteiger charge is 2.26. The van der Waals surface area contributed by atoms with Crippen LogP contribution >= 0.6 is 0 Å².